The Hall–Kier alpha value is -0.770. The fraction of sp³-hybridized carbons (Fsp3) is 0.538. The summed E-state index contributed by atoms with van der Waals surface area (Å²) in [4.78, 5) is 0. The van der Waals surface area contributed by atoms with Crippen molar-refractivity contribution < 1.29 is 4.74 Å². The number of rotatable bonds is 3. The summed E-state index contributed by atoms with van der Waals surface area (Å²) in [5.41, 5.74) is 2.28. The molecule has 3 nitrogen and oxygen atoms in total. The smallest absolute Gasteiger partial charge is 0.125 e. The highest BCUT2D eigenvalue weighted by molar-refractivity contribution is 6.30. The lowest BCUT2D eigenvalue weighted by Gasteiger charge is -2.25. The van der Waals surface area contributed by atoms with E-state index in [1.807, 2.05) is 19.1 Å². The molecule has 0 bridgehead atoms. The number of methoxy groups -OCH3 is 1. The topological polar surface area (TPSA) is 33.3 Å². The fourth-order valence-corrected chi connectivity index (χ4v) is 2.66. The standard InChI is InChI=1S/C13H19ClN2O/c1-9-5-11(14)6-10(13(9)17-2)7-12-8-15-3-4-16-12/h5-6,12,15-16H,3-4,7-8H2,1-2H3. The normalized spacial score (nSPS) is 20.3. The van der Waals surface area contributed by atoms with Gasteiger partial charge in [0.2, 0.25) is 0 Å². The molecule has 94 valence electrons. The number of ether oxygens (including phenoxy) is 1. The van der Waals surface area contributed by atoms with Gasteiger partial charge < -0.3 is 15.4 Å². The molecule has 2 rings (SSSR count). The predicted molar refractivity (Wildman–Crippen MR) is 71.1 cm³/mol. The summed E-state index contributed by atoms with van der Waals surface area (Å²) in [6.45, 7) is 5.09. The molecule has 0 radical (unpaired) electrons. The van der Waals surface area contributed by atoms with Crippen molar-refractivity contribution in [1.29, 1.82) is 0 Å². The average Bonchev–Trinajstić information content (AvgIpc) is 2.30. The van der Waals surface area contributed by atoms with Gasteiger partial charge in [0.1, 0.15) is 5.75 Å². The molecule has 1 saturated heterocycles. The summed E-state index contributed by atoms with van der Waals surface area (Å²) >= 11 is 6.11. The number of piperazine rings is 1. The zero-order valence-corrected chi connectivity index (χ0v) is 11.1. The molecule has 4 heteroatoms. The minimum atomic E-state index is 0.454. The largest absolute Gasteiger partial charge is 0.496 e. The first-order valence-corrected chi connectivity index (χ1v) is 6.35. The number of hydrogen-bond acceptors (Lipinski definition) is 3. The highest BCUT2D eigenvalue weighted by Crippen LogP contribution is 2.28. The van der Waals surface area contributed by atoms with E-state index in [-0.39, 0.29) is 0 Å². The van der Waals surface area contributed by atoms with E-state index in [1.54, 1.807) is 7.11 Å². The molecule has 1 heterocycles. The molecule has 1 fully saturated rings. The highest BCUT2D eigenvalue weighted by Gasteiger charge is 2.16. The lowest BCUT2D eigenvalue weighted by atomic mass is 10.0. The monoisotopic (exact) mass is 254 g/mol. The van der Waals surface area contributed by atoms with Gasteiger partial charge in [0.25, 0.3) is 0 Å². The van der Waals surface area contributed by atoms with Crippen molar-refractivity contribution in [2.75, 3.05) is 26.7 Å². The molecule has 0 spiro atoms. The molecule has 2 N–H and O–H groups in total. The van der Waals surface area contributed by atoms with E-state index in [4.69, 9.17) is 16.3 Å². The third-order valence-electron chi connectivity index (χ3n) is 3.11. The number of benzene rings is 1. The molecule has 0 saturated carbocycles. The first-order valence-electron chi connectivity index (χ1n) is 5.98. The van der Waals surface area contributed by atoms with Crippen molar-refractivity contribution in [2.24, 2.45) is 0 Å². The summed E-state index contributed by atoms with van der Waals surface area (Å²) in [6.07, 6.45) is 0.942. The Bertz CT molecular complexity index is 389. The molecule has 1 aliphatic heterocycles. The molecule has 1 unspecified atom stereocenters. The van der Waals surface area contributed by atoms with E-state index in [0.29, 0.717) is 6.04 Å². The van der Waals surface area contributed by atoms with Gasteiger partial charge in [0.05, 0.1) is 7.11 Å². The predicted octanol–water partition coefficient (Wildman–Crippen LogP) is 1.76. The second-order valence-corrected chi connectivity index (χ2v) is 4.91. The van der Waals surface area contributed by atoms with Gasteiger partial charge in [0, 0.05) is 30.7 Å². The molecule has 0 aliphatic carbocycles. The van der Waals surface area contributed by atoms with Crippen LogP contribution in [0.1, 0.15) is 11.1 Å². The van der Waals surface area contributed by atoms with E-state index in [9.17, 15) is 0 Å². The zero-order valence-electron chi connectivity index (χ0n) is 10.3. The van der Waals surface area contributed by atoms with Crippen LogP contribution in [-0.4, -0.2) is 32.8 Å². The van der Waals surface area contributed by atoms with Gasteiger partial charge in [-0.1, -0.05) is 11.6 Å². The minimum Gasteiger partial charge on any atom is -0.496 e. The SMILES string of the molecule is COc1c(C)cc(Cl)cc1CC1CNCCN1. The molecule has 1 aromatic rings. The number of halogens is 1. The zero-order chi connectivity index (χ0) is 12.3. The van der Waals surface area contributed by atoms with Crippen molar-refractivity contribution in [3.05, 3.63) is 28.3 Å². The van der Waals surface area contributed by atoms with Crippen LogP contribution in [-0.2, 0) is 6.42 Å². The van der Waals surface area contributed by atoms with Gasteiger partial charge in [-0.25, -0.2) is 0 Å². The molecule has 17 heavy (non-hydrogen) atoms. The Morgan fingerprint density at radius 3 is 2.88 bits per heavy atom. The second kappa shape index (κ2) is 5.71. The first kappa shape index (κ1) is 12.7. The van der Waals surface area contributed by atoms with Gasteiger partial charge in [-0.05, 0) is 36.6 Å². The second-order valence-electron chi connectivity index (χ2n) is 4.47. The van der Waals surface area contributed by atoms with Crippen LogP contribution in [0.4, 0.5) is 0 Å². The van der Waals surface area contributed by atoms with Gasteiger partial charge >= 0.3 is 0 Å². The number of aryl methyl sites for hydroxylation is 1. The van der Waals surface area contributed by atoms with Gasteiger partial charge in [-0.3, -0.25) is 0 Å². The third kappa shape index (κ3) is 3.12. The van der Waals surface area contributed by atoms with Crippen LogP contribution < -0.4 is 15.4 Å². The Morgan fingerprint density at radius 1 is 1.41 bits per heavy atom. The molecule has 1 aliphatic rings. The minimum absolute atomic E-state index is 0.454. The van der Waals surface area contributed by atoms with Crippen molar-refractivity contribution in [3.63, 3.8) is 0 Å². The summed E-state index contributed by atoms with van der Waals surface area (Å²) in [7, 11) is 1.71. The van der Waals surface area contributed by atoms with E-state index >= 15 is 0 Å². The molecule has 1 aromatic carbocycles. The fourth-order valence-electron chi connectivity index (χ4n) is 2.37. The maximum absolute atomic E-state index is 6.11. The Kier molecular flexibility index (Phi) is 4.26. The van der Waals surface area contributed by atoms with E-state index in [0.717, 1.165) is 42.4 Å². The maximum atomic E-state index is 6.11. The van der Waals surface area contributed by atoms with Gasteiger partial charge in [0.15, 0.2) is 0 Å². The van der Waals surface area contributed by atoms with Crippen LogP contribution in [0, 0.1) is 6.92 Å². The van der Waals surface area contributed by atoms with Crippen LogP contribution in [0.5, 0.6) is 5.75 Å². The summed E-state index contributed by atoms with van der Waals surface area (Å²) in [5, 5.41) is 7.66. The molecule has 0 aromatic heterocycles. The van der Waals surface area contributed by atoms with Crippen LogP contribution in [0.2, 0.25) is 5.02 Å². The Morgan fingerprint density at radius 2 is 2.24 bits per heavy atom. The van der Waals surface area contributed by atoms with Crippen LogP contribution in [0.25, 0.3) is 0 Å². The third-order valence-corrected chi connectivity index (χ3v) is 3.33. The summed E-state index contributed by atoms with van der Waals surface area (Å²) < 4.78 is 5.47. The summed E-state index contributed by atoms with van der Waals surface area (Å²) in [5.74, 6) is 0.960. The lowest BCUT2D eigenvalue weighted by molar-refractivity contribution is 0.389. The number of hydrogen-bond donors (Lipinski definition) is 2. The molecule has 1 atom stereocenters. The Balaban J connectivity index is 2.18. The van der Waals surface area contributed by atoms with Crippen molar-refractivity contribution in [3.8, 4) is 5.75 Å². The van der Waals surface area contributed by atoms with Gasteiger partial charge in [-0.2, -0.15) is 0 Å². The molecule has 0 amide bonds. The molecular weight excluding hydrogens is 236 g/mol. The van der Waals surface area contributed by atoms with Crippen LogP contribution in [0.3, 0.4) is 0 Å². The Labute approximate surface area is 107 Å². The van der Waals surface area contributed by atoms with Crippen molar-refractivity contribution in [2.45, 2.75) is 19.4 Å². The molecular formula is C13H19ClN2O. The first-order chi connectivity index (χ1) is 8.20. The van der Waals surface area contributed by atoms with Crippen molar-refractivity contribution >= 4 is 11.6 Å². The average molecular weight is 255 g/mol. The van der Waals surface area contributed by atoms with Crippen LogP contribution in [0.15, 0.2) is 12.1 Å². The number of nitrogens with one attached hydrogen (secondary N) is 2. The quantitative estimate of drug-likeness (QED) is 0.863. The van der Waals surface area contributed by atoms with E-state index < -0.39 is 0 Å². The summed E-state index contributed by atoms with van der Waals surface area (Å²) in [6, 6.07) is 4.40. The van der Waals surface area contributed by atoms with Crippen molar-refractivity contribution in [1.82, 2.24) is 10.6 Å². The van der Waals surface area contributed by atoms with Gasteiger partial charge in [-0.15, -0.1) is 0 Å². The lowest BCUT2D eigenvalue weighted by Crippen LogP contribution is -2.49. The maximum Gasteiger partial charge on any atom is 0.125 e. The van der Waals surface area contributed by atoms with Crippen LogP contribution >= 0.6 is 11.6 Å². The van der Waals surface area contributed by atoms with E-state index in [1.165, 1.54) is 5.56 Å². The van der Waals surface area contributed by atoms with E-state index in [2.05, 4.69) is 10.6 Å². The highest BCUT2D eigenvalue weighted by atomic mass is 35.5.